The number of carbonyl (C=O) groups is 2. The van der Waals surface area contributed by atoms with Crippen LogP contribution in [0.1, 0.15) is 26.3 Å². The molecule has 1 aromatic carbocycles. The standard InChI is InChI=1S/C18H19F5N2O3/c1-16(2,3)28-15(27)25-13(14(26)17(19,20)18(21,22)23)8-10-9-24-12-7-5-4-6-11(10)12/h4-7,9,13,24H,8H2,1-3H3,(H,25,27)/t13-/m0/s1. The molecule has 0 aliphatic heterocycles. The number of carbonyl (C=O) groups excluding carboxylic acids is 2. The summed E-state index contributed by atoms with van der Waals surface area (Å²) < 4.78 is 70.1. The third-order valence-corrected chi connectivity index (χ3v) is 3.77. The first-order valence-electron chi connectivity index (χ1n) is 8.26. The summed E-state index contributed by atoms with van der Waals surface area (Å²) in [5.74, 6) is -8.09. The fraction of sp³-hybridized carbons (Fsp3) is 0.444. The summed E-state index contributed by atoms with van der Waals surface area (Å²) in [6.07, 6.45) is -6.55. The van der Waals surface area contributed by atoms with Gasteiger partial charge in [-0.1, -0.05) is 18.2 Å². The van der Waals surface area contributed by atoms with E-state index in [1.165, 1.54) is 27.0 Å². The molecule has 0 saturated carbocycles. The average molecular weight is 406 g/mol. The Hall–Kier alpha value is -2.65. The maximum Gasteiger partial charge on any atom is 0.461 e. The summed E-state index contributed by atoms with van der Waals surface area (Å²) >= 11 is 0. The highest BCUT2D eigenvalue weighted by Gasteiger charge is 2.64. The molecular formula is C18H19F5N2O3. The Balaban J connectivity index is 2.35. The van der Waals surface area contributed by atoms with E-state index in [1.807, 2.05) is 5.32 Å². The highest BCUT2D eigenvalue weighted by atomic mass is 19.4. The lowest BCUT2D eigenvalue weighted by Crippen LogP contribution is -2.55. The van der Waals surface area contributed by atoms with E-state index >= 15 is 0 Å². The van der Waals surface area contributed by atoms with Gasteiger partial charge in [-0.15, -0.1) is 0 Å². The van der Waals surface area contributed by atoms with Crippen LogP contribution in [0.4, 0.5) is 26.7 Å². The Labute approximate surface area is 157 Å². The summed E-state index contributed by atoms with van der Waals surface area (Å²) in [5, 5.41) is 2.38. The molecule has 1 amide bonds. The zero-order valence-corrected chi connectivity index (χ0v) is 15.3. The van der Waals surface area contributed by atoms with Gasteiger partial charge in [-0.25, -0.2) is 4.79 Å². The molecule has 1 aromatic heterocycles. The van der Waals surface area contributed by atoms with E-state index in [4.69, 9.17) is 4.74 Å². The molecule has 0 spiro atoms. The molecular weight excluding hydrogens is 387 g/mol. The van der Waals surface area contributed by atoms with E-state index < -0.39 is 42.0 Å². The van der Waals surface area contributed by atoms with Gasteiger partial charge in [0.1, 0.15) is 11.6 Å². The summed E-state index contributed by atoms with van der Waals surface area (Å²) in [4.78, 5) is 26.8. The van der Waals surface area contributed by atoms with Crippen LogP contribution in [0.3, 0.4) is 0 Å². The normalized spacial score (nSPS) is 14.0. The van der Waals surface area contributed by atoms with E-state index in [1.54, 1.807) is 24.3 Å². The minimum atomic E-state index is -6.09. The number of alkyl halides is 5. The van der Waals surface area contributed by atoms with Crippen LogP contribution >= 0.6 is 0 Å². The average Bonchev–Trinajstić information content (AvgIpc) is 2.94. The van der Waals surface area contributed by atoms with Gasteiger partial charge in [-0.3, -0.25) is 4.79 Å². The molecule has 28 heavy (non-hydrogen) atoms. The summed E-state index contributed by atoms with van der Waals surface area (Å²) in [6, 6.07) is 4.47. The second-order valence-electron chi connectivity index (χ2n) is 7.20. The van der Waals surface area contributed by atoms with Crippen molar-refractivity contribution in [1.82, 2.24) is 10.3 Å². The van der Waals surface area contributed by atoms with Gasteiger partial charge in [0, 0.05) is 23.5 Å². The zero-order chi connectivity index (χ0) is 21.3. The fourth-order valence-electron chi connectivity index (χ4n) is 2.54. The molecule has 2 N–H and O–H groups in total. The number of nitrogens with one attached hydrogen (secondary N) is 2. The van der Waals surface area contributed by atoms with Crippen LogP contribution in [0, 0.1) is 0 Å². The predicted molar refractivity (Wildman–Crippen MR) is 91.2 cm³/mol. The lowest BCUT2D eigenvalue weighted by Gasteiger charge is -2.26. The molecule has 0 aliphatic rings. The molecule has 0 fully saturated rings. The van der Waals surface area contributed by atoms with E-state index in [2.05, 4.69) is 4.98 Å². The number of halogens is 5. The first kappa shape index (κ1) is 21.6. The number of benzene rings is 1. The molecule has 2 aromatic rings. The van der Waals surface area contributed by atoms with Gasteiger partial charge < -0.3 is 15.0 Å². The van der Waals surface area contributed by atoms with E-state index in [9.17, 15) is 31.5 Å². The van der Waals surface area contributed by atoms with Crippen molar-refractivity contribution >= 4 is 22.8 Å². The van der Waals surface area contributed by atoms with Crippen molar-refractivity contribution in [3.8, 4) is 0 Å². The molecule has 5 nitrogen and oxygen atoms in total. The number of hydrogen-bond donors (Lipinski definition) is 2. The van der Waals surface area contributed by atoms with Gasteiger partial charge in [0.25, 0.3) is 0 Å². The second-order valence-corrected chi connectivity index (χ2v) is 7.20. The monoisotopic (exact) mass is 406 g/mol. The molecule has 10 heteroatoms. The SMILES string of the molecule is CC(C)(C)OC(=O)N[C@@H](Cc1c[nH]c2ccccc12)C(=O)C(F)(F)C(F)(F)F. The number of aromatic nitrogens is 1. The summed E-state index contributed by atoms with van der Waals surface area (Å²) in [7, 11) is 0. The number of Topliss-reactive ketones (excluding diaryl/α,β-unsaturated/α-hetero) is 1. The maximum atomic E-state index is 13.6. The Kier molecular flexibility index (Phi) is 5.72. The minimum absolute atomic E-state index is 0.294. The third-order valence-electron chi connectivity index (χ3n) is 3.77. The molecule has 1 atom stereocenters. The Bertz CT molecular complexity index is 868. The molecule has 2 rings (SSSR count). The van der Waals surface area contributed by atoms with Gasteiger partial charge in [-0.05, 0) is 32.4 Å². The first-order chi connectivity index (χ1) is 12.7. The second kappa shape index (κ2) is 7.40. The van der Waals surface area contributed by atoms with Crippen molar-refractivity contribution in [1.29, 1.82) is 0 Å². The molecule has 0 aliphatic carbocycles. The number of amides is 1. The number of rotatable bonds is 5. The number of ether oxygens (including phenoxy) is 1. The van der Waals surface area contributed by atoms with Crippen molar-refractivity contribution in [2.24, 2.45) is 0 Å². The molecule has 0 saturated heterocycles. The van der Waals surface area contributed by atoms with Crippen molar-refractivity contribution in [3.05, 3.63) is 36.0 Å². The molecule has 0 radical (unpaired) electrons. The van der Waals surface area contributed by atoms with Crippen molar-refractivity contribution in [3.63, 3.8) is 0 Å². The predicted octanol–water partition coefficient (Wildman–Crippen LogP) is 4.37. The topological polar surface area (TPSA) is 71.2 Å². The highest BCUT2D eigenvalue weighted by Crippen LogP contribution is 2.37. The number of fused-ring (bicyclic) bond motifs is 1. The lowest BCUT2D eigenvalue weighted by atomic mass is 9.98. The number of alkyl carbamates (subject to hydrolysis) is 1. The fourth-order valence-corrected chi connectivity index (χ4v) is 2.54. The van der Waals surface area contributed by atoms with E-state index in [0.29, 0.717) is 16.5 Å². The van der Waals surface area contributed by atoms with Crippen LogP contribution in [-0.2, 0) is 16.0 Å². The molecule has 1 heterocycles. The summed E-state index contributed by atoms with van der Waals surface area (Å²) in [5.41, 5.74) is -0.142. The maximum absolute atomic E-state index is 13.6. The van der Waals surface area contributed by atoms with Crippen LogP contribution in [0.2, 0.25) is 0 Å². The van der Waals surface area contributed by atoms with Crippen LogP contribution < -0.4 is 5.32 Å². The highest BCUT2D eigenvalue weighted by molar-refractivity contribution is 5.94. The van der Waals surface area contributed by atoms with Crippen LogP contribution in [0.15, 0.2) is 30.5 Å². The number of H-pyrrole nitrogens is 1. The van der Waals surface area contributed by atoms with Crippen LogP contribution in [-0.4, -0.2) is 40.6 Å². The minimum Gasteiger partial charge on any atom is -0.444 e. The van der Waals surface area contributed by atoms with E-state index in [0.717, 1.165) is 0 Å². The number of ketones is 1. The molecule has 0 unspecified atom stereocenters. The quantitative estimate of drug-likeness (QED) is 0.725. The Morgan fingerprint density at radius 3 is 2.29 bits per heavy atom. The molecule has 154 valence electrons. The Morgan fingerprint density at radius 1 is 1.11 bits per heavy atom. The largest absolute Gasteiger partial charge is 0.461 e. The third kappa shape index (κ3) is 4.79. The zero-order valence-electron chi connectivity index (χ0n) is 15.3. The number of para-hydroxylation sites is 1. The van der Waals surface area contributed by atoms with Crippen LogP contribution in [0.5, 0.6) is 0 Å². The summed E-state index contributed by atoms with van der Waals surface area (Å²) in [6.45, 7) is 4.44. The van der Waals surface area contributed by atoms with Gasteiger partial charge in [0.2, 0.25) is 5.78 Å². The van der Waals surface area contributed by atoms with E-state index in [-0.39, 0.29) is 0 Å². The first-order valence-corrected chi connectivity index (χ1v) is 8.26. The van der Waals surface area contributed by atoms with Crippen molar-refractivity contribution < 1.29 is 36.3 Å². The van der Waals surface area contributed by atoms with Crippen molar-refractivity contribution in [2.75, 3.05) is 0 Å². The number of hydrogen-bond acceptors (Lipinski definition) is 3. The Morgan fingerprint density at radius 2 is 1.71 bits per heavy atom. The lowest BCUT2D eigenvalue weighted by molar-refractivity contribution is -0.269. The smallest absolute Gasteiger partial charge is 0.444 e. The number of aromatic amines is 1. The van der Waals surface area contributed by atoms with Gasteiger partial charge >= 0.3 is 18.2 Å². The van der Waals surface area contributed by atoms with Gasteiger partial charge in [-0.2, -0.15) is 22.0 Å². The van der Waals surface area contributed by atoms with Crippen LogP contribution in [0.25, 0.3) is 10.9 Å². The van der Waals surface area contributed by atoms with Crippen molar-refractivity contribution in [2.45, 2.75) is 50.9 Å². The van der Waals surface area contributed by atoms with Gasteiger partial charge in [0.15, 0.2) is 0 Å². The van der Waals surface area contributed by atoms with Gasteiger partial charge in [0.05, 0.1) is 0 Å². The molecule has 0 bridgehead atoms.